The van der Waals surface area contributed by atoms with E-state index in [1.54, 1.807) is 19.2 Å². The molecule has 0 aliphatic carbocycles. The Hall–Kier alpha value is -1.95. The van der Waals surface area contributed by atoms with Gasteiger partial charge >= 0.3 is 0 Å². The van der Waals surface area contributed by atoms with E-state index in [9.17, 15) is 16.8 Å². The number of hydrogen-bond donors (Lipinski definition) is 0. The van der Waals surface area contributed by atoms with Crippen molar-refractivity contribution < 1.29 is 21.6 Å². The van der Waals surface area contributed by atoms with E-state index in [2.05, 4.69) is 5.10 Å². The van der Waals surface area contributed by atoms with E-state index in [1.165, 1.54) is 37.8 Å². The average Bonchev–Trinajstić information content (AvgIpc) is 2.94. The highest BCUT2D eigenvalue weighted by Gasteiger charge is 2.32. The van der Waals surface area contributed by atoms with Crippen molar-refractivity contribution >= 4 is 20.0 Å². The van der Waals surface area contributed by atoms with Gasteiger partial charge in [-0.3, -0.25) is 4.68 Å². The normalized spacial score (nSPS) is 17.4. The molecule has 11 heteroatoms. The molecule has 0 unspecified atom stereocenters. The molecular weight excluding hydrogens is 416 g/mol. The third kappa shape index (κ3) is 4.80. The Balaban J connectivity index is 1.74. The fourth-order valence-electron chi connectivity index (χ4n) is 3.14. The molecule has 1 aromatic carbocycles. The summed E-state index contributed by atoms with van der Waals surface area (Å²) in [5.41, 5.74) is 0. The Kier molecular flexibility index (Phi) is 6.32. The summed E-state index contributed by atoms with van der Waals surface area (Å²) in [4.78, 5) is 0.272. The third-order valence-corrected chi connectivity index (χ3v) is 8.33. The summed E-state index contributed by atoms with van der Waals surface area (Å²) in [6, 6.07) is 6.29. The molecule has 0 N–H and O–H groups in total. The number of hydrogen-bond acceptors (Lipinski definition) is 6. The lowest BCUT2D eigenvalue weighted by Crippen LogP contribution is -2.37. The van der Waals surface area contributed by atoms with Gasteiger partial charge in [0.2, 0.25) is 20.0 Å². The molecule has 160 valence electrons. The average molecular weight is 443 g/mol. The lowest BCUT2D eigenvalue weighted by molar-refractivity contribution is 0.242. The van der Waals surface area contributed by atoms with E-state index >= 15 is 0 Å². The van der Waals surface area contributed by atoms with Crippen molar-refractivity contribution in [1.82, 2.24) is 18.4 Å². The molecule has 0 amide bonds. The van der Waals surface area contributed by atoms with Crippen molar-refractivity contribution in [2.24, 2.45) is 7.05 Å². The molecule has 3 rings (SSSR count). The van der Waals surface area contributed by atoms with Crippen LogP contribution in [0.15, 0.2) is 46.5 Å². The Morgan fingerprint density at radius 3 is 1.93 bits per heavy atom. The second-order valence-electron chi connectivity index (χ2n) is 7.15. The lowest BCUT2D eigenvalue weighted by atomic mass is 10.3. The zero-order valence-electron chi connectivity index (χ0n) is 16.7. The van der Waals surface area contributed by atoms with E-state index in [1.807, 2.05) is 13.8 Å². The van der Waals surface area contributed by atoms with Gasteiger partial charge in [0.05, 0.1) is 17.2 Å². The van der Waals surface area contributed by atoms with Gasteiger partial charge in [0.1, 0.15) is 10.6 Å². The van der Waals surface area contributed by atoms with Crippen LogP contribution in [0.5, 0.6) is 5.75 Å². The maximum atomic E-state index is 13.0. The summed E-state index contributed by atoms with van der Waals surface area (Å²) in [6.07, 6.45) is 3.15. The number of sulfonamides is 2. The van der Waals surface area contributed by atoms with Crippen LogP contribution in [0, 0.1) is 0 Å². The third-order valence-electron chi connectivity index (χ3n) is 4.57. The van der Waals surface area contributed by atoms with Crippen molar-refractivity contribution in [2.75, 3.05) is 26.2 Å². The first-order valence-corrected chi connectivity index (χ1v) is 12.2. The Bertz CT molecular complexity index is 1050. The minimum atomic E-state index is -3.72. The second kappa shape index (κ2) is 8.42. The first-order chi connectivity index (χ1) is 13.6. The zero-order chi connectivity index (χ0) is 21.2. The monoisotopic (exact) mass is 442 g/mol. The van der Waals surface area contributed by atoms with Gasteiger partial charge < -0.3 is 4.74 Å². The van der Waals surface area contributed by atoms with Crippen LogP contribution in [0.25, 0.3) is 0 Å². The predicted molar refractivity (Wildman–Crippen MR) is 108 cm³/mol. The molecule has 0 bridgehead atoms. The van der Waals surface area contributed by atoms with E-state index in [0.717, 1.165) is 0 Å². The van der Waals surface area contributed by atoms with Crippen molar-refractivity contribution in [2.45, 2.75) is 36.2 Å². The lowest BCUT2D eigenvalue weighted by Gasteiger charge is -2.21. The van der Waals surface area contributed by atoms with E-state index < -0.39 is 20.0 Å². The maximum Gasteiger partial charge on any atom is 0.246 e. The fourth-order valence-corrected chi connectivity index (χ4v) is 6.07. The van der Waals surface area contributed by atoms with Crippen LogP contribution < -0.4 is 4.74 Å². The topological polar surface area (TPSA) is 102 Å². The van der Waals surface area contributed by atoms with Crippen LogP contribution in [-0.4, -0.2) is 67.5 Å². The molecular formula is C18H26N4O5S2. The molecule has 1 aliphatic rings. The number of rotatable bonds is 6. The molecule has 0 spiro atoms. The van der Waals surface area contributed by atoms with Gasteiger partial charge in [-0.05, 0) is 44.5 Å². The van der Waals surface area contributed by atoms with Gasteiger partial charge in [-0.25, -0.2) is 16.8 Å². The summed E-state index contributed by atoms with van der Waals surface area (Å²) in [7, 11) is -5.78. The summed E-state index contributed by atoms with van der Waals surface area (Å²) in [5.74, 6) is 0.601. The van der Waals surface area contributed by atoms with Crippen LogP contribution in [0.4, 0.5) is 0 Å². The molecule has 29 heavy (non-hydrogen) atoms. The molecule has 0 saturated carbocycles. The van der Waals surface area contributed by atoms with Crippen LogP contribution in [0.3, 0.4) is 0 Å². The molecule has 2 heterocycles. The number of aryl methyl sites for hydroxylation is 1. The van der Waals surface area contributed by atoms with Crippen LogP contribution >= 0.6 is 0 Å². The maximum absolute atomic E-state index is 13.0. The highest BCUT2D eigenvalue weighted by Crippen LogP contribution is 2.23. The van der Waals surface area contributed by atoms with Crippen molar-refractivity contribution in [3.63, 3.8) is 0 Å². The van der Waals surface area contributed by atoms with Gasteiger partial charge in [0, 0.05) is 39.4 Å². The smallest absolute Gasteiger partial charge is 0.246 e. The fraction of sp³-hybridized carbons (Fsp3) is 0.500. The molecule has 0 radical (unpaired) electrons. The molecule has 1 aliphatic heterocycles. The second-order valence-corrected chi connectivity index (χ2v) is 11.0. The largest absolute Gasteiger partial charge is 0.491 e. The van der Waals surface area contributed by atoms with Crippen LogP contribution in [0.2, 0.25) is 0 Å². The summed E-state index contributed by atoms with van der Waals surface area (Å²) < 4.78 is 61.2. The molecule has 1 fully saturated rings. The highest BCUT2D eigenvalue weighted by atomic mass is 32.2. The van der Waals surface area contributed by atoms with Gasteiger partial charge in [0.25, 0.3) is 0 Å². The number of benzene rings is 1. The van der Waals surface area contributed by atoms with Gasteiger partial charge in [-0.2, -0.15) is 13.7 Å². The van der Waals surface area contributed by atoms with Crippen molar-refractivity contribution in [1.29, 1.82) is 0 Å². The molecule has 2 aromatic rings. The minimum absolute atomic E-state index is 0.00388. The predicted octanol–water partition coefficient (Wildman–Crippen LogP) is 1.29. The molecule has 1 aromatic heterocycles. The highest BCUT2D eigenvalue weighted by molar-refractivity contribution is 7.89. The molecule has 0 atom stereocenters. The van der Waals surface area contributed by atoms with E-state index in [4.69, 9.17) is 4.74 Å². The zero-order valence-corrected chi connectivity index (χ0v) is 18.4. The summed E-state index contributed by atoms with van der Waals surface area (Å²) in [6.45, 7) is 4.48. The van der Waals surface area contributed by atoms with Gasteiger partial charge in [-0.1, -0.05) is 0 Å². The van der Waals surface area contributed by atoms with E-state index in [-0.39, 0.29) is 42.1 Å². The minimum Gasteiger partial charge on any atom is -0.491 e. The van der Waals surface area contributed by atoms with Crippen molar-refractivity contribution in [3.05, 3.63) is 36.7 Å². The Labute approximate surface area is 172 Å². The Morgan fingerprint density at radius 1 is 0.897 bits per heavy atom. The SMILES string of the molecule is CC(C)Oc1ccc(S(=O)(=O)N2CCCN(S(=O)(=O)c3cnn(C)c3)CC2)cc1. The van der Waals surface area contributed by atoms with Gasteiger partial charge in [-0.15, -0.1) is 0 Å². The van der Waals surface area contributed by atoms with Crippen LogP contribution in [0.1, 0.15) is 20.3 Å². The standard InChI is InChI=1S/C18H26N4O5S2/c1-15(2)27-16-5-7-17(8-6-16)28(23,24)21-9-4-10-22(12-11-21)29(25,26)18-13-19-20(3)14-18/h5-8,13-15H,4,9-12H2,1-3H3. The summed E-state index contributed by atoms with van der Waals surface area (Å²) in [5, 5.41) is 3.91. The van der Waals surface area contributed by atoms with E-state index in [0.29, 0.717) is 12.2 Å². The first-order valence-electron chi connectivity index (χ1n) is 9.36. The quantitative estimate of drug-likeness (QED) is 0.668. The van der Waals surface area contributed by atoms with Crippen molar-refractivity contribution in [3.8, 4) is 5.75 Å². The molecule has 1 saturated heterocycles. The first kappa shape index (κ1) is 21.8. The molecule has 9 nitrogen and oxygen atoms in total. The summed E-state index contributed by atoms with van der Waals surface area (Å²) >= 11 is 0. The number of nitrogens with zero attached hydrogens (tertiary/aromatic N) is 4. The van der Waals surface area contributed by atoms with Crippen LogP contribution in [-0.2, 0) is 27.1 Å². The Morgan fingerprint density at radius 2 is 1.45 bits per heavy atom. The van der Waals surface area contributed by atoms with Gasteiger partial charge in [0.15, 0.2) is 0 Å². The number of ether oxygens (including phenoxy) is 1. The number of aromatic nitrogens is 2.